The molecule has 112 valence electrons. The lowest BCUT2D eigenvalue weighted by Gasteiger charge is -2.11. The third-order valence-corrected chi connectivity index (χ3v) is 5.90. The van der Waals surface area contributed by atoms with Crippen LogP contribution in [0.4, 0.5) is 5.00 Å². The monoisotopic (exact) mass is 346 g/mol. The molecule has 8 heteroatoms. The van der Waals surface area contributed by atoms with E-state index in [9.17, 15) is 14.9 Å². The maximum Gasteiger partial charge on any atom is 0.348 e. The van der Waals surface area contributed by atoms with E-state index in [1.807, 2.05) is 6.07 Å². The number of carbonyl (C=O) groups is 2. The van der Waals surface area contributed by atoms with Crippen LogP contribution < -0.4 is 5.32 Å². The molecule has 1 unspecified atom stereocenters. The van der Waals surface area contributed by atoms with Crippen molar-refractivity contribution in [1.29, 1.82) is 5.26 Å². The Labute approximate surface area is 135 Å². The number of nitrogens with zero attached hydrogens (tertiary/aromatic N) is 1. The first-order chi connectivity index (χ1) is 9.67. The van der Waals surface area contributed by atoms with Gasteiger partial charge in [0.25, 0.3) is 0 Å². The summed E-state index contributed by atoms with van der Waals surface area (Å²) >= 11 is 12.9. The van der Waals surface area contributed by atoms with Gasteiger partial charge >= 0.3 is 5.97 Å². The summed E-state index contributed by atoms with van der Waals surface area (Å²) in [4.78, 5) is 24.2. The van der Waals surface area contributed by atoms with Crippen LogP contribution >= 0.6 is 34.5 Å². The number of hydrogen-bond donors (Lipinski definition) is 1. The molecule has 1 aliphatic carbocycles. The van der Waals surface area contributed by atoms with Crippen LogP contribution in [0.3, 0.4) is 0 Å². The van der Waals surface area contributed by atoms with Crippen molar-refractivity contribution in [2.45, 2.75) is 24.6 Å². The number of amides is 1. The lowest BCUT2D eigenvalue weighted by atomic mass is 10.1. The molecule has 1 aromatic heterocycles. The number of anilines is 1. The van der Waals surface area contributed by atoms with E-state index in [1.165, 1.54) is 7.11 Å². The van der Waals surface area contributed by atoms with Gasteiger partial charge in [-0.05, 0) is 25.8 Å². The third kappa shape index (κ3) is 2.50. The fraction of sp³-hybridized carbons (Fsp3) is 0.462. The normalized spacial score (nSPS) is 22.3. The number of halogens is 2. The van der Waals surface area contributed by atoms with E-state index in [1.54, 1.807) is 13.8 Å². The van der Waals surface area contributed by atoms with Crippen molar-refractivity contribution in [3.8, 4) is 6.07 Å². The zero-order chi connectivity index (χ0) is 16.0. The van der Waals surface area contributed by atoms with Crippen molar-refractivity contribution in [3.63, 3.8) is 0 Å². The Hall–Kier alpha value is -1.29. The molecule has 1 amide bonds. The standard InChI is InChI=1S/C13H12Cl2N2O3S/c1-6-7(4-16)9(21-8(6)10(18)20-3)17-11(19)12(2)5-13(12,14)15/h5H2,1-3H3,(H,17,19). The molecule has 1 atom stereocenters. The van der Waals surface area contributed by atoms with Gasteiger partial charge in [-0.3, -0.25) is 4.79 Å². The summed E-state index contributed by atoms with van der Waals surface area (Å²) in [5.41, 5.74) is -0.173. The first kappa shape index (κ1) is 16.1. The molecule has 2 rings (SSSR count). The minimum absolute atomic E-state index is 0.243. The van der Waals surface area contributed by atoms with E-state index >= 15 is 0 Å². The van der Waals surface area contributed by atoms with Gasteiger partial charge < -0.3 is 10.1 Å². The third-order valence-electron chi connectivity index (χ3n) is 3.62. The smallest absolute Gasteiger partial charge is 0.348 e. The molecule has 1 aromatic rings. The second-order valence-corrected chi connectivity index (χ2v) is 7.54. The second-order valence-electron chi connectivity index (χ2n) is 5.03. The number of thiophene rings is 1. The quantitative estimate of drug-likeness (QED) is 0.672. The molecule has 1 fully saturated rings. The van der Waals surface area contributed by atoms with Gasteiger partial charge in [0.15, 0.2) is 0 Å². The molecule has 1 saturated carbocycles. The number of ether oxygens (including phenoxy) is 1. The topological polar surface area (TPSA) is 79.2 Å². The number of nitrogens with one attached hydrogen (secondary N) is 1. The highest BCUT2D eigenvalue weighted by Gasteiger charge is 2.68. The van der Waals surface area contributed by atoms with Crippen LogP contribution in [0, 0.1) is 23.7 Å². The van der Waals surface area contributed by atoms with E-state index in [4.69, 9.17) is 23.2 Å². The molecule has 0 aromatic carbocycles. The van der Waals surface area contributed by atoms with Gasteiger partial charge in [-0.2, -0.15) is 5.26 Å². The average Bonchev–Trinajstić information content (AvgIpc) is 2.78. The highest BCUT2D eigenvalue weighted by atomic mass is 35.5. The van der Waals surface area contributed by atoms with E-state index in [2.05, 4.69) is 10.1 Å². The van der Waals surface area contributed by atoms with Crippen molar-refractivity contribution in [2.24, 2.45) is 5.41 Å². The summed E-state index contributed by atoms with van der Waals surface area (Å²) in [6, 6.07) is 1.98. The average molecular weight is 347 g/mol. The molecule has 0 saturated heterocycles. The number of carbonyl (C=O) groups excluding carboxylic acids is 2. The molecule has 21 heavy (non-hydrogen) atoms. The summed E-state index contributed by atoms with van der Waals surface area (Å²) in [6.45, 7) is 3.28. The highest BCUT2D eigenvalue weighted by Crippen LogP contribution is 2.64. The van der Waals surface area contributed by atoms with Gasteiger partial charge in [0.2, 0.25) is 5.91 Å². The van der Waals surface area contributed by atoms with Crippen molar-refractivity contribution >= 4 is 51.4 Å². The lowest BCUT2D eigenvalue weighted by molar-refractivity contribution is -0.120. The second kappa shape index (κ2) is 5.16. The van der Waals surface area contributed by atoms with Crippen molar-refractivity contribution in [2.75, 3.05) is 12.4 Å². The molecule has 5 nitrogen and oxygen atoms in total. The number of nitriles is 1. The van der Waals surface area contributed by atoms with Crippen LogP contribution in [-0.4, -0.2) is 23.3 Å². The van der Waals surface area contributed by atoms with E-state index in [0.717, 1.165) is 11.3 Å². The molecule has 0 radical (unpaired) electrons. The first-order valence-corrected chi connectivity index (χ1v) is 7.56. The number of rotatable bonds is 3. The minimum atomic E-state index is -1.10. The van der Waals surface area contributed by atoms with Crippen LogP contribution in [0.5, 0.6) is 0 Å². The highest BCUT2D eigenvalue weighted by molar-refractivity contribution is 7.18. The molecule has 0 bridgehead atoms. The maximum atomic E-state index is 12.2. The number of alkyl halides is 2. The van der Waals surface area contributed by atoms with E-state index in [0.29, 0.717) is 17.0 Å². The fourth-order valence-corrected chi connectivity index (χ4v) is 3.69. The largest absolute Gasteiger partial charge is 0.465 e. The van der Waals surface area contributed by atoms with Crippen LogP contribution in [0.25, 0.3) is 0 Å². The summed E-state index contributed by atoms with van der Waals surface area (Å²) in [7, 11) is 1.26. The minimum Gasteiger partial charge on any atom is -0.465 e. The van der Waals surface area contributed by atoms with Gasteiger partial charge in [0.1, 0.15) is 20.3 Å². The number of hydrogen-bond acceptors (Lipinski definition) is 5. The van der Waals surface area contributed by atoms with Crippen molar-refractivity contribution < 1.29 is 14.3 Å². The summed E-state index contributed by atoms with van der Waals surface area (Å²) in [5.74, 6) is -0.919. The van der Waals surface area contributed by atoms with E-state index in [-0.39, 0.29) is 16.3 Å². The molecular formula is C13H12Cl2N2O3S. The summed E-state index contributed by atoms with van der Waals surface area (Å²) < 4.78 is 3.56. The lowest BCUT2D eigenvalue weighted by Crippen LogP contribution is -2.25. The zero-order valence-electron chi connectivity index (χ0n) is 11.5. The van der Waals surface area contributed by atoms with Crippen LogP contribution in [0.2, 0.25) is 0 Å². The fourth-order valence-electron chi connectivity index (χ4n) is 1.91. The molecule has 0 aliphatic heterocycles. The molecule has 1 N–H and O–H groups in total. The summed E-state index contributed by atoms with van der Waals surface area (Å²) in [5, 5.41) is 12.1. The Morgan fingerprint density at radius 2 is 2.05 bits per heavy atom. The SMILES string of the molecule is COC(=O)c1sc(NC(=O)C2(C)CC2(Cl)Cl)c(C#N)c1C. The van der Waals surface area contributed by atoms with Gasteiger partial charge in [-0.15, -0.1) is 34.5 Å². The Morgan fingerprint density at radius 1 is 1.48 bits per heavy atom. The summed E-state index contributed by atoms with van der Waals surface area (Å²) in [6.07, 6.45) is 0.338. The van der Waals surface area contributed by atoms with E-state index < -0.39 is 15.7 Å². The molecule has 1 heterocycles. The first-order valence-electron chi connectivity index (χ1n) is 5.99. The zero-order valence-corrected chi connectivity index (χ0v) is 13.9. The molecule has 0 spiro atoms. The van der Waals surface area contributed by atoms with Gasteiger partial charge in [0, 0.05) is 0 Å². The van der Waals surface area contributed by atoms with Gasteiger partial charge in [-0.1, -0.05) is 0 Å². The predicted octanol–water partition coefficient (Wildman–Crippen LogP) is 3.24. The Balaban J connectivity index is 2.32. The van der Waals surface area contributed by atoms with Gasteiger partial charge in [0.05, 0.1) is 18.1 Å². The van der Waals surface area contributed by atoms with Crippen molar-refractivity contribution in [3.05, 3.63) is 16.0 Å². The maximum absolute atomic E-state index is 12.2. The van der Waals surface area contributed by atoms with Crippen LogP contribution in [-0.2, 0) is 9.53 Å². The Morgan fingerprint density at radius 3 is 2.48 bits per heavy atom. The number of methoxy groups -OCH3 is 1. The van der Waals surface area contributed by atoms with Gasteiger partial charge in [-0.25, -0.2) is 4.79 Å². The van der Waals surface area contributed by atoms with Crippen molar-refractivity contribution in [1.82, 2.24) is 0 Å². The number of esters is 1. The Kier molecular flexibility index (Phi) is 3.96. The predicted molar refractivity (Wildman–Crippen MR) is 80.9 cm³/mol. The molecular weight excluding hydrogens is 335 g/mol. The molecule has 1 aliphatic rings. The van der Waals surface area contributed by atoms with Crippen LogP contribution in [0.1, 0.15) is 34.1 Å². The van der Waals surface area contributed by atoms with Crippen LogP contribution in [0.15, 0.2) is 0 Å². The Bertz CT molecular complexity index is 678.